The second-order valence-corrected chi connectivity index (χ2v) is 4.70. The summed E-state index contributed by atoms with van der Waals surface area (Å²) in [5.74, 6) is 0. The van der Waals surface area contributed by atoms with Gasteiger partial charge >= 0.3 is 6.03 Å². The van der Waals surface area contributed by atoms with Gasteiger partial charge in [0.15, 0.2) is 0 Å². The normalized spacial score (nSPS) is 10.4. The van der Waals surface area contributed by atoms with Crippen molar-refractivity contribution in [2.75, 3.05) is 18.5 Å². The van der Waals surface area contributed by atoms with E-state index >= 15 is 0 Å². The molecule has 2 N–H and O–H groups in total. The Morgan fingerprint density at radius 2 is 2.15 bits per heavy atom. The molecular formula is C13H19N3O4. The van der Waals surface area contributed by atoms with E-state index in [0.717, 1.165) is 0 Å². The molecule has 0 unspecified atom stereocenters. The van der Waals surface area contributed by atoms with Crippen molar-refractivity contribution < 1.29 is 14.8 Å². The fourth-order valence-electron chi connectivity index (χ4n) is 1.84. The third-order valence-corrected chi connectivity index (χ3v) is 2.87. The van der Waals surface area contributed by atoms with E-state index in [1.165, 1.54) is 17.0 Å². The second-order valence-electron chi connectivity index (χ2n) is 4.70. The van der Waals surface area contributed by atoms with Gasteiger partial charge in [-0.2, -0.15) is 0 Å². The highest BCUT2D eigenvalue weighted by molar-refractivity contribution is 5.89. The predicted molar refractivity (Wildman–Crippen MR) is 75.8 cm³/mol. The molecule has 110 valence electrons. The number of anilines is 1. The van der Waals surface area contributed by atoms with Crippen LogP contribution in [0, 0.1) is 17.0 Å². The topological polar surface area (TPSA) is 95.7 Å². The first-order chi connectivity index (χ1) is 9.36. The Morgan fingerprint density at radius 1 is 1.50 bits per heavy atom. The van der Waals surface area contributed by atoms with Gasteiger partial charge in [0.1, 0.15) is 0 Å². The monoisotopic (exact) mass is 281 g/mol. The molecule has 0 saturated carbocycles. The number of aliphatic hydroxyl groups excluding tert-OH is 1. The van der Waals surface area contributed by atoms with E-state index in [0.29, 0.717) is 11.3 Å². The zero-order valence-electron chi connectivity index (χ0n) is 11.8. The first-order valence-electron chi connectivity index (χ1n) is 6.30. The minimum Gasteiger partial charge on any atom is -0.395 e. The van der Waals surface area contributed by atoms with Crippen molar-refractivity contribution in [1.82, 2.24) is 4.90 Å². The number of aliphatic hydroxyl groups is 1. The van der Waals surface area contributed by atoms with Crippen LogP contribution in [0.5, 0.6) is 0 Å². The number of hydrogen-bond donors (Lipinski definition) is 2. The lowest BCUT2D eigenvalue weighted by Gasteiger charge is -2.26. The van der Waals surface area contributed by atoms with Gasteiger partial charge in [-0.25, -0.2) is 4.79 Å². The number of nitrogens with zero attached hydrogens (tertiary/aromatic N) is 2. The van der Waals surface area contributed by atoms with Crippen molar-refractivity contribution in [3.05, 3.63) is 33.9 Å². The van der Waals surface area contributed by atoms with Crippen molar-refractivity contribution in [1.29, 1.82) is 0 Å². The molecule has 0 fully saturated rings. The summed E-state index contributed by atoms with van der Waals surface area (Å²) >= 11 is 0. The maximum absolute atomic E-state index is 12.0. The molecule has 0 spiro atoms. The molecule has 0 aliphatic carbocycles. The number of carbonyl (C=O) groups excluding carboxylic acids is 1. The van der Waals surface area contributed by atoms with Crippen LogP contribution in [0.25, 0.3) is 0 Å². The lowest BCUT2D eigenvalue weighted by Crippen LogP contribution is -2.41. The minimum atomic E-state index is -0.465. The van der Waals surface area contributed by atoms with Gasteiger partial charge in [-0.1, -0.05) is 0 Å². The lowest BCUT2D eigenvalue weighted by atomic mass is 10.2. The SMILES string of the molecule is Cc1cc(NC(=O)N(CCO)C(C)C)ccc1[N+](=O)[O-]. The van der Waals surface area contributed by atoms with Crippen molar-refractivity contribution in [2.24, 2.45) is 0 Å². The number of carbonyl (C=O) groups is 1. The molecule has 0 saturated heterocycles. The molecule has 0 heterocycles. The highest BCUT2D eigenvalue weighted by atomic mass is 16.6. The molecule has 0 radical (unpaired) electrons. The smallest absolute Gasteiger partial charge is 0.322 e. The Labute approximate surface area is 117 Å². The van der Waals surface area contributed by atoms with Gasteiger partial charge in [-0.15, -0.1) is 0 Å². The Balaban J connectivity index is 2.85. The molecule has 7 nitrogen and oxygen atoms in total. The maximum atomic E-state index is 12.0. The summed E-state index contributed by atoms with van der Waals surface area (Å²) in [4.78, 5) is 23.8. The molecule has 0 aliphatic rings. The second kappa shape index (κ2) is 6.85. The van der Waals surface area contributed by atoms with Crippen LogP contribution < -0.4 is 5.32 Å². The summed E-state index contributed by atoms with van der Waals surface area (Å²) < 4.78 is 0. The highest BCUT2D eigenvalue weighted by Gasteiger charge is 2.17. The van der Waals surface area contributed by atoms with E-state index < -0.39 is 4.92 Å². The predicted octanol–water partition coefficient (Wildman–Crippen LogP) is 2.14. The molecule has 2 amide bonds. The van der Waals surface area contributed by atoms with Gasteiger partial charge < -0.3 is 15.3 Å². The number of nitro groups is 1. The van der Waals surface area contributed by atoms with Gasteiger partial charge in [0.05, 0.1) is 11.5 Å². The maximum Gasteiger partial charge on any atom is 0.322 e. The first-order valence-corrected chi connectivity index (χ1v) is 6.30. The van der Waals surface area contributed by atoms with Crippen molar-refractivity contribution in [3.8, 4) is 0 Å². The molecule has 1 rings (SSSR count). The van der Waals surface area contributed by atoms with Crippen LogP contribution in [-0.2, 0) is 0 Å². The number of nitrogens with one attached hydrogen (secondary N) is 1. The number of aryl methyl sites for hydroxylation is 1. The molecule has 20 heavy (non-hydrogen) atoms. The van der Waals surface area contributed by atoms with E-state index in [1.807, 2.05) is 13.8 Å². The van der Waals surface area contributed by atoms with E-state index in [9.17, 15) is 14.9 Å². The average Bonchev–Trinajstić information content (AvgIpc) is 2.34. The molecule has 0 aliphatic heterocycles. The molecule has 0 aromatic heterocycles. The van der Waals surface area contributed by atoms with Crippen LogP contribution in [0.2, 0.25) is 0 Å². The number of amides is 2. The Kier molecular flexibility index (Phi) is 5.45. The third kappa shape index (κ3) is 3.92. The lowest BCUT2D eigenvalue weighted by molar-refractivity contribution is -0.385. The highest BCUT2D eigenvalue weighted by Crippen LogP contribution is 2.21. The Morgan fingerprint density at radius 3 is 2.60 bits per heavy atom. The number of nitro benzene ring substituents is 1. The van der Waals surface area contributed by atoms with E-state index in [1.54, 1.807) is 13.0 Å². The largest absolute Gasteiger partial charge is 0.395 e. The minimum absolute atomic E-state index is 0.0130. The Hall–Kier alpha value is -2.15. The van der Waals surface area contributed by atoms with Crippen LogP contribution in [-0.4, -0.2) is 40.2 Å². The van der Waals surface area contributed by atoms with Crippen molar-refractivity contribution in [2.45, 2.75) is 26.8 Å². The van der Waals surface area contributed by atoms with Crippen molar-refractivity contribution in [3.63, 3.8) is 0 Å². The zero-order valence-corrected chi connectivity index (χ0v) is 11.8. The summed E-state index contributed by atoms with van der Waals surface area (Å²) in [6.07, 6.45) is 0. The van der Waals surface area contributed by atoms with E-state index in [-0.39, 0.29) is 30.9 Å². The summed E-state index contributed by atoms with van der Waals surface area (Å²) in [5, 5.41) is 22.3. The van der Waals surface area contributed by atoms with Gasteiger partial charge in [0, 0.05) is 29.9 Å². The van der Waals surface area contributed by atoms with Crippen molar-refractivity contribution >= 4 is 17.4 Å². The zero-order chi connectivity index (χ0) is 15.3. The number of hydrogen-bond acceptors (Lipinski definition) is 4. The van der Waals surface area contributed by atoms with Gasteiger partial charge in [0.2, 0.25) is 0 Å². The third-order valence-electron chi connectivity index (χ3n) is 2.87. The van der Waals surface area contributed by atoms with Crippen LogP contribution in [0.4, 0.5) is 16.2 Å². The summed E-state index contributed by atoms with van der Waals surface area (Å²) in [7, 11) is 0. The summed E-state index contributed by atoms with van der Waals surface area (Å²) in [5.41, 5.74) is 0.979. The van der Waals surface area contributed by atoms with E-state index in [4.69, 9.17) is 5.11 Å². The summed E-state index contributed by atoms with van der Waals surface area (Å²) in [6, 6.07) is 3.99. The number of urea groups is 1. The Bertz CT molecular complexity index is 502. The van der Waals surface area contributed by atoms with Crippen LogP contribution in [0.15, 0.2) is 18.2 Å². The quantitative estimate of drug-likeness (QED) is 0.638. The molecule has 7 heteroatoms. The molecular weight excluding hydrogens is 262 g/mol. The fraction of sp³-hybridized carbons (Fsp3) is 0.462. The first kappa shape index (κ1) is 15.9. The van der Waals surface area contributed by atoms with Gasteiger partial charge in [-0.05, 0) is 32.9 Å². The molecule has 1 aromatic rings. The van der Waals surface area contributed by atoms with Crippen LogP contribution in [0.1, 0.15) is 19.4 Å². The van der Waals surface area contributed by atoms with Gasteiger partial charge in [-0.3, -0.25) is 10.1 Å². The molecule has 1 aromatic carbocycles. The average molecular weight is 281 g/mol. The summed E-state index contributed by atoms with van der Waals surface area (Å²) in [6.45, 7) is 5.41. The fourth-order valence-corrected chi connectivity index (χ4v) is 1.84. The van der Waals surface area contributed by atoms with Gasteiger partial charge in [0.25, 0.3) is 5.69 Å². The molecule has 0 atom stereocenters. The number of rotatable bonds is 5. The van der Waals surface area contributed by atoms with Crippen LogP contribution >= 0.6 is 0 Å². The molecule has 0 bridgehead atoms. The van der Waals surface area contributed by atoms with Crippen LogP contribution in [0.3, 0.4) is 0 Å². The standard InChI is InChI=1S/C13H19N3O4/c1-9(2)15(6-7-17)13(18)14-11-4-5-12(16(19)20)10(3)8-11/h4-5,8-9,17H,6-7H2,1-3H3,(H,14,18). The van der Waals surface area contributed by atoms with E-state index in [2.05, 4.69) is 5.32 Å². The number of benzene rings is 1.